The summed E-state index contributed by atoms with van der Waals surface area (Å²) >= 11 is 5.55. The Bertz CT molecular complexity index is 599. The first-order valence-corrected chi connectivity index (χ1v) is 6.57. The van der Waals surface area contributed by atoms with Crippen LogP contribution >= 0.6 is 11.6 Å². The molecular formula is C15H14ClFN2O. The zero-order valence-electron chi connectivity index (χ0n) is 10.7. The fourth-order valence-corrected chi connectivity index (χ4v) is 1.67. The van der Waals surface area contributed by atoms with Crippen molar-refractivity contribution in [2.75, 3.05) is 5.88 Å². The van der Waals surface area contributed by atoms with Crippen molar-refractivity contribution in [2.24, 2.45) is 10.7 Å². The van der Waals surface area contributed by atoms with E-state index in [1.807, 2.05) is 6.07 Å². The Balaban J connectivity index is 1.97. The molecule has 104 valence electrons. The minimum absolute atomic E-state index is 0.192. The molecule has 0 aliphatic heterocycles. The Hall–Kier alpha value is -2.07. The number of nitrogens with zero attached hydrogens (tertiary/aromatic N) is 1. The molecule has 0 aromatic heterocycles. The van der Waals surface area contributed by atoms with Gasteiger partial charge in [-0.2, -0.15) is 0 Å². The highest BCUT2D eigenvalue weighted by molar-refractivity contribution is 6.28. The predicted octanol–water partition coefficient (Wildman–Crippen LogP) is 3.63. The van der Waals surface area contributed by atoms with Crippen LogP contribution in [-0.2, 0) is 6.61 Å². The third-order valence-corrected chi connectivity index (χ3v) is 2.81. The van der Waals surface area contributed by atoms with E-state index < -0.39 is 0 Å². The third-order valence-electron chi connectivity index (χ3n) is 2.54. The van der Waals surface area contributed by atoms with Gasteiger partial charge in [-0.05, 0) is 42.0 Å². The van der Waals surface area contributed by atoms with Crippen LogP contribution < -0.4 is 10.5 Å². The van der Waals surface area contributed by atoms with Crippen molar-refractivity contribution in [1.29, 1.82) is 0 Å². The maximum atomic E-state index is 13.0. The van der Waals surface area contributed by atoms with Crippen LogP contribution in [0.4, 0.5) is 10.1 Å². The van der Waals surface area contributed by atoms with Crippen molar-refractivity contribution in [3.8, 4) is 5.75 Å². The number of hydrogen-bond donors (Lipinski definition) is 1. The second-order valence-corrected chi connectivity index (χ2v) is 4.42. The molecule has 0 heterocycles. The Labute approximate surface area is 121 Å². The van der Waals surface area contributed by atoms with Gasteiger partial charge >= 0.3 is 0 Å². The van der Waals surface area contributed by atoms with Crippen LogP contribution in [0.1, 0.15) is 5.56 Å². The molecule has 0 bridgehead atoms. The van der Waals surface area contributed by atoms with Crippen LogP contribution in [-0.4, -0.2) is 11.7 Å². The molecule has 0 unspecified atom stereocenters. The Morgan fingerprint density at radius 1 is 1.20 bits per heavy atom. The van der Waals surface area contributed by atoms with Crippen molar-refractivity contribution < 1.29 is 9.13 Å². The van der Waals surface area contributed by atoms with Gasteiger partial charge in [-0.1, -0.05) is 12.1 Å². The zero-order chi connectivity index (χ0) is 14.4. The molecule has 20 heavy (non-hydrogen) atoms. The number of benzene rings is 2. The maximum Gasteiger partial charge on any atom is 0.123 e. The highest BCUT2D eigenvalue weighted by atomic mass is 35.5. The Morgan fingerprint density at radius 2 is 1.95 bits per heavy atom. The van der Waals surface area contributed by atoms with Crippen LogP contribution in [0.25, 0.3) is 0 Å². The molecule has 5 heteroatoms. The van der Waals surface area contributed by atoms with Gasteiger partial charge in [-0.3, -0.25) is 0 Å². The Kier molecular flexibility index (Phi) is 4.96. The number of aliphatic imine (C=N–C) groups is 1. The van der Waals surface area contributed by atoms with Gasteiger partial charge in [0.1, 0.15) is 24.0 Å². The van der Waals surface area contributed by atoms with Crippen LogP contribution in [0.3, 0.4) is 0 Å². The smallest absolute Gasteiger partial charge is 0.123 e. The van der Waals surface area contributed by atoms with Crippen molar-refractivity contribution in [3.63, 3.8) is 0 Å². The lowest BCUT2D eigenvalue weighted by atomic mass is 10.2. The molecule has 0 atom stereocenters. The number of nitrogens with two attached hydrogens (primary N) is 1. The first-order valence-electron chi connectivity index (χ1n) is 6.03. The number of amidine groups is 1. The van der Waals surface area contributed by atoms with Gasteiger partial charge < -0.3 is 10.5 Å². The summed E-state index contributed by atoms with van der Waals surface area (Å²) < 4.78 is 18.6. The summed E-state index contributed by atoms with van der Waals surface area (Å²) in [5, 5.41) is 0. The quantitative estimate of drug-likeness (QED) is 0.520. The van der Waals surface area contributed by atoms with Crippen LogP contribution in [0, 0.1) is 5.82 Å². The standard InChI is InChI=1S/C15H14ClFN2O/c16-9-15(18)19-13-4-6-14(7-5-13)20-10-11-2-1-3-12(17)8-11/h1-8H,9-10H2,(H2,18,19). The number of hydrogen-bond acceptors (Lipinski definition) is 2. The van der Waals surface area contributed by atoms with Gasteiger partial charge in [0.05, 0.1) is 11.6 Å². The maximum absolute atomic E-state index is 13.0. The van der Waals surface area contributed by atoms with E-state index in [4.69, 9.17) is 22.1 Å². The summed E-state index contributed by atoms with van der Waals surface area (Å²) in [6.07, 6.45) is 0. The number of rotatable bonds is 5. The summed E-state index contributed by atoms with van der Waals surface area (Å²) in [6, 6.07) is 13.4. The largest absolute Gasteiger partial charge is 0.489 e. The van der Waals surface area contributed by atoms with Crippen molar-refractivity contribution in [1.82, 2.24) is 0 Å². The molecule has 2 N–H and O–H groups in total. The van der Waals surface area contributed by atoms with E-state index in [9.17, 15) is 4.39 Å². The first-order chi connectivity index (χ1) is 9.67. The average molecular weight is 293 g/mol. The van der Waals surface area contributed by atoms with E-state index in [1.165, 1.54) is 12.1 Å². The molecule has 0 amide bonds. The summed E-state index contributed by atoms with van der Waals surface area (Å²) in [5.41, 5.74) is 7.03. The van der Waals surface area contributed by atoms with Gasteiger partial charge in [0, 0.05) is 0 Å². The average Bonchev–Trinajstić information content (AvgIpc) is 2.46. The predicted molar refractivity (Wildman–Crippen MR) is 79.2 cm³/mol. The fourth-order valence-electron chi connectivity index (χ4n) is 1.61. The molecule has 0 radical (unpaired) electrons. The number of alkyl halides is 1. The van der Waals surface area contributed by atoms with Crippen molar-refractivity contribution in [3.05, 3.63) is 59.9 Å². The van der Waals surface area contributed by atoms with Crippen molar-refractivity contribution >= 4 is 23.1 Å². The van der Waals surface area contributed by atoms with Gasteiger partial charge in [-0.25, -0.2) is 9.38 Å². The van der Waals surface area contributed by atoms with Crippen LogP contribution in [0.5, 0.6) is 5.75 Å². The molecule has 0 saturated carbocycles. The molecular weight excluding hydrogens is 279 g/mol. The monoisotopic (exact) mass is 292 g/mol. The Morgan fingerprint density at radius 3 is 2.60 bits per heavy atom. The first kappa shape index (κ1) is 14.3. The SMILES string of the molecule is NC(CCl)=Nc1ccc(OCc2cccc(F)c2)cc1. The van der Waals surface area contributed by atoms with E-state index in [2.05, 4.69) is 4.99 Å². The molecule has 2 aromatic carbocycles. The third kappa shape index (κ3) is 4.24. The van der Waals surface area contributed by atoms with Crippen LogP contribution in [0.2, 0.25) is 0 Å². The minimum Gasteiger partial charge on any atom is -0.489 e. The molecule has 2 aromatic rings. The highest BCUT2D eigenvalue weighted by Crippen LogP contribution is 2.19. The van der Waals surface area contributed by atoms with E-state index >= 15 is 0 Å². The van der Waals surface area contributed by atoms with Crippen LogP contribution in [0.15, 0.2) is 53.5 Å². The van der Waals surface area contributed by atoms with E-state index in [-0.39, 0.29) is 11.7 Å². The molecule has 0 aliphatic carbocycles. The van der Waals surface area contributed by atoms with Gasteiger partial charge in [0.15, 0.2) is 0 Å². The van der Waals surface area contributed by atoms with Gasteiger partial charge in [0.25, 0.3) is 0 Å². The van der Waals surface area contributed by atoms with E-state index in [0.29, 0.717) is 23.9 Å². The lowest BCUT2D eigenvalue weighted by Gasteiger charge is -2.06. The lowest BCUT2D eigenvalue weighted by molar-refractivity contribution is 0.305. The van der Waals surface area contributed by atoms with Gasteiger partial charge in [-0.15, -0.1) is 11.6 Å². The molecule has 3 nitrogen and oxygen atoms in total. The second kappa shape index (κ2) is 6.91. The topological polar surface area (TPSA) is 47.6 Å². The molecule has 0 saturated heterocycles. The molecule has 0 aliphatic rings. The lowest BCUT2D eigenvalue weighted by Crippen LogP contribution is -2.12. The highest BCUT2D eigenvalue weighted by Gasteiger charge is 1.98. The normalized spacial score (nSPS) is 11.4. The van der Waals surface area contributed by atoms with Gasteiger partial charge in [0.2, 0.25) is 0 Å². The second-order valence-electron chi connectivity index (χ2n) is 4.15. The molecule has 0 spiro atoms. The zero-order valence-corrected chi connectivity index (χ0v) is 11.5. The summed E-state index contributed by atoms with van der Waals surface area (Å²) in [5.74, 6) is 0.961. The number of ether oxygens (including phenoxy) is 1. The van der Waals surface area contributed by atoms with E-state index in [0.717, 1.165) is 5.56 Å². The van der Waals surface area contributed by atoms with Crippen molar-refractivity contribution in [2.45, 2.75) is 6.61 Å². The summed E-state index contributed by atoms with van der Waals surface area (Å²) in [6.45, 7) is 0.310. The minimum atomic E-state index is -0.271. The summed E-state index contributed by atoms with van der Waals surface area (Å²) in [7, 11) is 0. The number of halogens is 2. The van der Waals surface area contributed by atoms with E-state index in [1.54, 1.807) is 30.3 Å². The molecule has 2 rings (SSSR count). The summed E-state index contributed by atoms with van der Waals surface area (Å²) in [4.78, 5) is 4.11. The molecule has 0 fully saturated rings. The fraction of sp³-hybridized carbons (Fsp3) is 0.133.